The van der Waals surface area contributed by atoms with Crippen LogP contribution in [-0.2, 0) is 6.54 Å². The van der Waals surface area contributed by atoms with Crippen LogP contribution >= 0.6 is 0 Å². The van der Waals surface area contributed by atoms with Crippen molar-refractivity contribution in [3.05, 3.63) is 114 Å². The zero-order valence-corrected chi connectivity index (χ0v) is 22.6. The summed E-state index contributed by atoms with van der Waals surface area (Å²) in [6.07, 6.45) is 0. The molecule has 39 heavy (non-hydrogen) atoms. The maximum atomic E-state index is 11.8. The second-order valence-electron chi connectivity index (χ2n) is 10.3. The van der Waals surface area contributed by atoms with Crippen LogP contribution in [0.15, 0.2) is 103 Å². The van der Waals surface area contributed by atoms with Crippen molar-refractivity contribution in [2.45, 2.75) is 20.4 Å². The van der Waals surface area contributed by atoms with Gasteiger partial charge in [-0.15, -0.1) is 0 Å². The number of amides is 1. The molecule has 0 fully saturated rings. The van der Waals surface area contributed by atoms with Gasteiger partial charge >= 0.3 is 0 Å². The van der Waals surface area contributed by atoms with E-state index in [1.165, 1.54) is 5.56 Å². The highest BCUT2D eigenvalue weighted by Crippen LogP contribution is 2.36. The minimum Gasteiger partial charge on any atom is -0.366 e. The van der Waals surface area contributed by atoms with E-state index in [1.807, 2.05) is 53.4 Å². The number of nitrogens with zero attached hydrogens (tertiary/aromatic N) is 4. The predicted octanol–water partition coefficient (Wildman–Crippen LogP) is 6.95. The fourth-order valence-corrected chi connectivity index (χ4v) is 4.93. The summed E-state index contributed by atoms with van der Waals surface area (Å²) < 4.78 is 0. The first kappa shape index (κ1) is 26.1. The van der Waals surface area contributed by atoms with Crippen LogP contribution in [0.3, 0.4) is 0 Å². The number of para-hydroxylation sites is 1. The Hall–Kier alpha value is -4.55. The summed E-state index contributed by atoms with van der Waals surface area (Å²) in [5, 5.41) is 0.987. The molecule has 5 rings (SSSR count). The number of primary amides is 1. The van der Waals surface area contributed by atoms with Gasteiger partial charge in [-0.25, -0.2) is 9.97 Å². The number of benzene rings is 4. The van der Waals surface area contributed by atoms with Gasteiger partial charge in [0.2, 0.25) is 11.9 Å². The highest BCUT2D eigenvalue weighted by Gasteiger charge is 2.19. The molecule has 0 saturated heterocycles. The van der Waals surface area contributed by atoms with Gasteiger partial charge in [0, 0.05) is 41.0 Å². The Bertz CT molecular complexity index is 1580. The molecule has 0 aliphatic rings. The van der Waals surface area contributed by atoms with Crippen LogP contribution in [0.5, 0.6) is 0 Å². The van der Waals surface area contributed by atoms with Gasteiger partial charge in [-0.3, -0.25) is 9.69 Å². The van der Waals surface area contributed by atoms with Gasteiger partial charge < -0.3 is 10.6 Å². The summed E-state index contributed by atoms with van der Waals surface area (Å²) in [4.78, 5) is 26.3. The lowest BCUT2D eigenvalue weighted by Crippen LogP contribution is -2.23. The molecule has 2 N–H and O–H groups in total. The van der Waals surface area contributed by atoms with Gasteiger partial charge in [0.15, 0.2) is 0 Å². The van der Waals surface area contributed by atoms with Crippen LogP contribution in [0.4, 0.5) is 17.3 Å². The Morgan fingerprint density at radius 1 is 0.821 bits per heavy atom. The van der Waals surface area contributed by atoms with E-state index in [0.29, 0.717) is 17.4 Å². The molecule has 0 atom stereocenters. The Labute approximate surface area is 229 Å². The SMILES string of the molecule is CC(C)CN(C)Cc1cccc(N(c2ccc(C(N)=O)cc2)c2nc(-c3ccccc3)c3ccccc3n2)c1. The van der Waals surface area contributed by atoms with Crippen LogP contribution in [-0.4, -0.2) is 34.4 Å². The molecule has 0 aliphatic heterocycles. The lowest BCUT2D eigenvalue weighted by atomic mass is 10.1. The molecule has 0 aliphatic carbocycles. The molecule has 4 aromatic carbocycles. The molecule has 0 spiro atoms. The van der Waals surface area contributed by atoms with Crippen LogP contribution in [0.1, 0.15) is 29.8 Å². The minimum atomic E-state index is -0.461. The fraction of sp³-hybridized carbons (Fsp3) is 0.182. The summed E-state index contributed by atoms with van der Waals surface area (Å²) in [5.74, 6) is 0.671. The van der Waals surface area contributed by atoms with E-state index in [1.54, 1.807) is 12.1 Å². The van der Waals surface area contributed by atoms with Gasteiger partial charge in [-0.2, -0.15) is 0 Å². The molecule has 1 amide bonds. The zero-order valence-electron chi connectivity index (χ0n) is 22.6. The summed E-state index contributed by atoms with van der Waals surface area (Å²) in [7, 11) is 2.14. The number of aromatic nitrogens is 2. The molecule has 5 aromatic rings. The van der Waals surface area contributed by atoms with Crippen molar-refractivity contribution < 1.29 is 4.79 Å². The average Bonchev–Trinajstić information content (AvgIpc) is 2.93. The highest BCUT2D eigenvalue weighted by molar-refractivity contribution is 5.95. The number of fused-ring (bicyclic) bond motifs is 1. The molecular weight excluding hydrogens is 482 g/mol. The summed E-state index contributed by atoms with van der Waals surface area (Å²) in [5.41, 5.74) is 11.7. The Balaban J connectivity index is 1.67. The third-order valence-corrected chi connectivity index (χ3v) is 6.55. The third kappa shape index (κ3) is 5.97. The van der Waals surface area contributed by atoms with E-state index in [0.717, 1.165) is 46.6 Å². The van der Waals surface area contributed by atoms with Crippen molar-refractivity contribution in [1.82, 2.24) is 14.9 Å². The molecule has 1 heterocycles. The Morgan fingerprint density at radius 3 is 2.26 bits per heavy atom. The first-order chi connectivity index (χ1) is 18.9. The van der Waals surface area contributed by atoms with E-state index in [2.05, 4.69) is 68.3 Å². The number of rotatable bonds is 9. The molecule has 1 aromatic heterocycles. The molecule has 0 unspecified atom stereocenters. The van der Waals surface area contributed by atoms with Crippen molar-refractivity contribution in [2.24, 2.45) is 11.7 Å². The Morgan fingerprint density at radius 2 is 1.54 bits per heavy atom. The van der Waals surface area contributed by atoms with Crippen LogP contribution in [0, 0.1) is 5.92 Å². The van der Waals surface area contributed by atoms with Crippen molar-refractivity contribution in [3.8, 4) is 11.3 Å². The number of carbonyl (C=O) groups is 1. The van der Waals surface area contributed by atoms with Crippen molar-refractivity contribution in [2.75, 3.05) is 18.5 Å². The zero-order chi connectivity index (χ0) is 27.4. The third-order valence-electron chi connectivity index (χ3n) is 6.55. The normalized spacial score (nSPS) is 11.3. The van der Waals surface area contributed by atoms with E-state index in [-0.39, 0.29) is 0 Å². The number of nitrogens with two attached hydrogens (primary N) is 1. The number of carbonyl (C=O) groups excluding carboxylic acids is 1. The van der Waals surface area contributed by atoms with Gasteiger partial charge in [-0.1, -0.05) is 74.5 Å². The maximum Gasteiger partial charge on any atom is 0.248 e. The molecular formula is C33H33N5O. The first-order valence-corrected chi connectivity index (χ1v) is 13.2. The van der Waals surface area contributed by atoms with E-state index in [9.17, 15) is 4.79 Å². The number of hydrogen-bond acceptors (Lipinski definition) is 5. The van der Waals surface area contributed by atoms with E-state index in [4.69, 9.17) is 15.7 Å². The highest BCUT2D eigenvalue weighted by atomic mass is 16.1. The largest absolute Gasteiger partial charge is 0.366 e. The molecule has 0 saturated carbocycles. The van der Waals surface area contributed by atoms with Gasteiger partial charge in [0.25, 0.3) is 0 Å². The molecule has 6 nitrogen and oxygen atoms in total. The number of hydrogen-bond donors (Lipinski definition) is 1. The predicted molar refractivity (Wildman–Crippen MR) is 159 cm³/mol. The smallest absolute Gasteiger partial charge is 0.248 e. The van der Waals surface area contributed by atoms with Crippen molar-refractivity contribution >= 4 is 34.1 Å². The number of anilines is 3. The second kappa shape index (κ2) is 11.5. The molecule has 0 radical (unpaired) electrons. The van der Waals surface area contributed by atoms with Gasteiger partial charge in [0.1, 0.15) is 0 Å². The standard InChI is InChI=1S/C33H33N5O/c1-23(2)21-37(3)22-24-10-9-13-28(20-24)38(27-18-16-26(17-19-27)32(34)39)33-35-30-15-8-7-14-29(30)31(36-33)25-11-5-4-6-12-25/h4-20,23H,21-22H2,1-3H3,(H2,34,39). The van der Waals surface area contributed by atoms with Gasteiger partial charge in [-0.05, 0) is 61.0 Å². The van der Waals surface area contributed by atoms with E-state index >= 15 is 0 Å². The lowest BCUT2D eigenvalue weighted by Gasteiger charge is -2.25. The monoisotopic (exact) mass is 515 g/mol. The molecule has 0 bridgehead atoms. The van der Waals surface area contributed by atoms with E-state index < -0.39 is 5.91 Å². The van der Waals surface area contributed by atoms with Crippen LogP contribution < -0.4 is 10.6 Å². The van der Waals surface area contributed by atoms with Crippen molar-refractivity contribution in [3.63, 3.8) is 0 Å². The molecule has 6 heteroatoms. The first-order valence-electron chi connectivity index (χ1n) is 13.2. The quantitative estimate of drug-likeness (QED) is 0.230. The summed E-state index contributed by atoms with van der Waals surface area (Å²) in [6, 6.07) is 33.9. The van der Waals surface area contributed by atoms with Crippen LogP contribution in [0.2, 0.25) is 0 Å². The summed E-state index contributed by atoms with van der Waals surface area (Å²) in [6.45, 7) is 6.29. The van der Waals surface area contributed by atoms with Crippen LogP contribution in [0.25, 0.3) is 22.2 Å². The molecule has 196 valence electrons. The average molecular weight is 516 g/mol. The minimum absolute atomic E-state index is 0.451. The fourth-order valence-electron chi connectivity index (χ4n) is 4.93. The summed E-state index contributed by atoms with van der Waals surface area (Å²) >= 11 is 0. The topological polar surface area (TPSA) is 75.3 Å². The van der Waals surface area contributed by atoms with Gasteiger partial charge in [0.05, 0.1) is 11.2 Å². The van der Waals surface area contributed by atoms with Crippen molar-refractivity contribution in [1.29, 1.82) is 0 Å². The Kier molecular flexibility index (Phi) is 7.66. The maximum absolute atomic E-state index is 11.8. The second-order valence-corrected chi connectivity index (χ2v) is 10.3. The lowest BCUT2D eigenvalue weighted by molar-refractivity contribution is 0.100.